The summed E-state index contributed by atoms with van der Waals surface area (Å²) >= 11 is 0. The normalized spacial score (nSPS) is 21.9. The van der Waals surface area contributed by atoms with E-state index in [1.807, 2.05) is 13.8 Å². The minimum Gasteiger partial charge on any atom is -0.463 e. The summed E-state index contributed by atoms with van der Waals surface area (Å²) in [4.78, 5) is 24.1. The monoisotopic (exact) mass is 228 g/mol. The van der Waals surface area contributed by atoms with Gasteiger partial charge in [-0.25, -0.2) is 4.79 Å². The van der Waals surface area contributed by atoms with E-state index in [2.05, 4.69) is 0 Å². The average Bonchev–Trinajstić information content (AvgIpc) is 2.72. The molecule has 0 bridgehead atoms. The summed E-state index contributed by atoms with van der Waals surface area (Å²) in [6, 6.07) is -0.465. The van der Waals surface area contributed by atoms with Gasteiger partial charge in [-0.3, -0.25) is 4.79 Å². The third-order valence-corrected chi connectivity index (χ3v) is 3.09. The van der Waals surface area contributed by atoms with Gasteiger partial charge >= 0.3 is 12.0 Å². The molecule has 0 aromatic carbocycles. The largest absolute Gasteiger partial charge is 0.463 e. The van der Waals surface area contributed by atoms with Crippen LogP contribution in [-0.4, -0.2) is 36.1 Å². The van der Waals surface area contributed by atoms with Crippen LogP contribution in [-0.2, 0) is 9.53 Å². The van der Waals surface area contributed by atoms with E-state index in [-0.39, 0.29) is 24.5 Å². The highest BCUT2D eigenvalue weighted by Gasteiger charge is 2.28. The Kier molecular flexibility index (Phi) is 4.58. The molecule has 1 aliphatic heterocycles. The number of hydrogen-bond donors (Lipinski definition) is 1. The molecule has 2 atom stereocenters. The summed E-state index contributed by atoms with van der Waals surface area (Å²) in [7, 11) is 0. The van der Waals surface area contributed by atoms with Crippen LogP contribution in [0.25, 0.3) is 0 Å². The van der Waals surface area contributed by atoms with Gasteiger partial charge in [0.15, 0.2) is 0 Å². The van der Waals surface area contributed by atoms with Crippen LogP contribution in [0.15, 0.2) is 0 Å². The molecule has 0 unspecified atom stereocenters. The number of hydrogen-bond acceptors (Lipinski definition) is 3. The number of ether oxygens (including phenoxy) is 1. The maximum atomic E-state index is 11.5. The Morgan fingerprint density at radius 3 is 2.81 bits per heavy atom. The lowest BCUT2D eigenvalue weighted by Gasteiger charge is -2.22. The van der Waals surface area contributed by atoms with Gasteiger partial charge in [0.25, 0.3) is 0 Å². The third kappa shape index (κ3) is 3.12. The van der Waals surface area contributed by atoms with Crippen LogP contribution in [0.4, 0.5) is 4.79 Å². The Morgan fingerprint density at radius 1 is 1.56 bits per heavy atom. The van der Waals surface area contributed by atoms with Crippen LogP contribution in [0.1, 0.15) is 33.1 Å². The van der Waals surface area contributed by atoms with Crippen LogP contribution in [0, 0.1) is 5.92 Å². The Labute approximate surface area is 95.9 Å². The van der Waals surface area contributed by atoms with E-state index in [1.165, 1.54) is 0 Å². The van der Waals surface area contributed by atoms with Crippen molar-refractivity contribution in [1.82, 2.24) is 4.90 Å². The van der Waals surface area contributed by atoms with E-state index < -0.39 is 6.03 Å². The number of primary amides is 1. The topological polar surface area (TPSA) is 72.6 Å². The van der Waals surface area contributed by atoms with Gasteiger partial charge in [-0.2, -0.15) is 0 Å². The molecule has 1 aliphatic rings. The van der Waals surface area contributed by atoms with Crippen molar-refractivity contribution in [2.75, 3.05) is 13.2 Å². The number of rotatable bonds is 4. The second-order valence-corrected chi connectivity index (χ2v) is 4.27. The van der Waals surface area contributed by atoms with Crippen molar-refractivity contribution in [2.24, 2.45) is 11.7 Å². The Balaban J connectivity index is 2.37. The Hall–Kier alpha value is -1.26. The zero-order valence-corrected chi connectivity index (χ0v) is 9.94. The molecule has 1 fully saturated rings. The first-order valence-corrected chi connectivity index (χ1v) is 5.79. The fourth-order valence-electron chi connectivity index (χ4n) is 1.79. The number of likely N-dealkylation sites (tertiary alicyclic amines) is 1. The second kappa shape index (κ2) is 5.72. The maximum absolute atomic E-state index is 11.5. The lowest BCUT2D eigenvalue weighted by atomic mass is 10.1. The van der Waals surface area contributed by atoms with Crippen LogP contribution in [0.2, 0.25) is 0 Å². The predicted octanol–water partition coefficient (Wildman–Crippen LogP) is 1.12. The molecule has 2 N–H and O–H groups in total. The van der Waals surface area contributed by atoms with E-state index in [0.717, 1.165) is 19.3 Å². The average molecular weight is 228 g/mol. The number of nitrogens with two attached hydrogens (primary N) is 1. The van der Waals surface area contributed by atoms with Gasteiger partial charge in [0.1, 0.15) is 6.61 Å². The van der Waals surface area contributed by atoms with Gasteiger partial charge in [-0.15, -0.1) is 0 Å². The molecule has 0 saturated carbocycles. The molecular weight excluding hydrogens is 208 g/mol. The molecule has 1 saturated heterocycles. The van der Waals surface area contributed by atoms with Crippen LogP contribution in [0.3, 0.4) is 0 Å². The molecule has 5 heteroatoms. The fourth-order valence-corrected chi connectivity index (χ4v) is 1.79. The summed E-state index contributed by atoms with van der Waals surface area (Å²) in [5.74, 6) is -0.276. The molecule has 0 aromatic heterocycles. The zero-order valence-electron chi connectivity index (χ0n) is 9.94. The molecule has 1 rings (SSSR count). The molecule has 16 heavy (non-hydrogen) atoms. The summed E-state index contributed by atoms with van der Waals surface area (Å²) in [6.45, 7) is 4.72. The van der Waals surface area contributed by atoms with Crippen molar-refractivity contribution in [1.29, 1.82) is 0 Å². The second-order valence-electron chi connectivity index (χ2n) is 4.27. The van der Waals surface area contributed by atoms with E-state index in [4.69, 9.17) is 10.5 Å². The molecule has 0 radical (unpaired) electrons. The van der Waals surface area contributed by atoms with Gasteiger partial charge in [-0.05, 0) is 19.3 Å². The minimum absolute atomic E-state index is 0.0366. The van der Waals surface area contributed by atoms with E-state index >= 15 is 0 Å². The Bertz CT molecular complexity index is 268. The zero-order chi connectivity index (χ0) is 12.1. The first-order valence-electron chi connectivity index (χ1n) is 5.79. The lowest BCUT2D eigenvalue weighted by Crippen LogP contribution is -2.42. The van der Waals surface area contributed by atoms with Crippen molar-refractivity contribution in [3.8, 4) is 0 Å². The predicted molar refractivity (Wildman–Crippen MR) is 59.7 cm³/mol. The van der Waals surface area contributed by atoms with Crippen molar-refractivity contribution in [2.45, 2.75) is 39.2 Å². The van der Waals surface area contributed by atoms with Crippen molar-refractivity contribution < 1.29 is 14.3 Å². The molecule has 1 heterocycles. The minimum atomic E-state index is -0.429. The number of carbonyl (C=O) groups is 2. The standard InChI is InChI=1S/C11H20N2O3/c1-3-8(2)10(14)16-7-9-5-4-6-13(9)11(12)15/h8-9H,3-7H2,1-2H3,(H2,12,15)/t8-,9-/m1/s1. The highest BCUT2D eigenvalue weighted by molar-refractivity contribution is 5.73. The van der Waals surface area contributed by atoms with E-state index in [9.17, 15) is 9.59 Å². The van der Waals surface area contributed by atoms with Gasteiger partial charge < -0.3 is 15.4 Å². The van der Waals surface area contributed by atoms with Crippen molar-refractivity contribution >= 4 is 12.0 Å². The van der Waals surface area contributed by atoms with E-state index in [0.29, 0.717) is 6.54 Å². The molecular formula is C11H20N2O3. The number of esters is 1. The highest BCUT2D eigenvalue weighted by atomic mass is 16.5. The smallest absolute Gasteiger partial charge is 0.315 e. The van der Waals surface area contributed by atoms with Crippen LogP contribution < -0.4 is 5.73 Å². The Morgan fingerprint density at radius 2 is 2.25 bits per heavy atom. The van der Waals surface area contributed by atoms with Gasteiger partial charge in [0.05, 0.1) is 12.0 Å². The maximum Gasteiger partial charge on any atom is 0.315 e. The summed E-state index contributed by atoms with van der Waals surface area (Å²) in [5.41, 5.74) is 5.23. The van der Waals surface area contributed by atoms with Crippen molar-refractivity contribution in [3.05, 3.63) is 0 Å². The molecule has 0 aliphatic carbocycles. The molecule has 0 spiro atoms. The summed E-state index contributed by atoms with van der Waals surface area (Å²) in [6.07, 6.45) is 2.55. The van der Waals surface area contributed by atoms with Gasteiger partial charge in [0.2, 0.25) is 0 Å². The molecule has 5 nitrogen and oxygen atoms in total. The van der Waals surface area contributed by atoms with Crippen LogP contribution in [0.5, 0.6) is 0 Å². The third-order valence-electron chi connectivity index (χ3n) is 3.09. The fraction of sp³-hybridized carbons (Fsp3) is 0.818. The van der Waals surface area contributed by atoms with Crippen molar-refractivity contribution in [3.63, 3.8) is 0 Å². The highest BCUT2D eigenvalue weighted by Crippen LogP contribution is 2.17. The SMILES string of the molecule is CC[C@@H](C)C(=O)OC[C@H]1CCCN1C(N)=O. The summed E-state index contributed by atoms with van der Waals surface area (Å²) in [5, 5.41) is 0. The number of nitrogens with zero attached hydrogens (tertiary/aromatic N) is 1. The van der Waals surface area contributed by atoms with E-state index in [1.54, 1.807) is 4.90 Å². The van der Waals surface area contributed by atoms with Gasteiger partial charge in [0, 0.05) is 6.54 Å². The summed E-state index contributed by atoms with van der Waals surface area (Å²) < 4.78 is 5.17. The number of amides is 2. The van der Waals surface area contributed by atoms with Gasteiger partial charge in [-0.1, -0.05) is 13.8 Å². The molecule has 0 aromatic rings. The molecule has 2 amide bonds. The van der Waals surface area contributed by atoms with Crippen LogP contribution >= 0.6 is 0 Å². The number of carbonyl (C=O) groups excluding carboxylic acids is 2. The quantitative estimate of drug-likeness (QED) is 0.733. The number of urea groups is 1. The molecule has 92 valence electrons. The lowest BCUT2D eigenvalue weighted by molar-refractivity contribution is -0.149. The first-order chi connectivity index (χ1) is 7.56. The first kappa shape index (κ1) is 12.8.